The highest BCUT2D eigenvalue weighted by atomic mass is 31.2. The zero-order chi connectivity index (χ0) is 72.7. The smallest absolute Gasteiger partial charge is 0.462 e. The summed E-state index contributed by atoms with van der Waals surface area (Å²) in [6.45, 7) is 7.33. The molecule has 0 aromatic carbocycles. The van der Waals surface area contributed by atoms with Gasteiger partial charge in [-0.25, -0.2) is 9.13 Å². The summed E-state index contributed by atoms with van der Waals surface area (Å²) in [6.07, 6.45) is 63.9. The van der Waals surface area contributed by atoms with Crippen molar-refractivity contribution in [3.63, 3.8) is 0 Å². The van der Waals surface area contributed by atoms with Crippen LogP contribution in [-0.2, 0) is 65.4 Å². The summed E-state index contributed by atoms with van der Waals surface area (Å²) in [7, 11) is -9.91. The van der Waals surface area contributed by atoms with Gasteiger partial charge in [-0.2, -0.15) is 0 Å². The molecule has 588 valence electrons. The molecule has 0 aliphatic heterocycles. The maximum absolute atomic E-state index is 13.1. The average Bonchev–Trinajstić information content (AvgIpc) is 1.51. The Morgan fingerprint density at radius 1 is 0.273 bits per heavy atom. The Bertz CT molecular complexity index is 1890. The number of ether oxygens (including phenoxy) is 4. The molecule has 0 bridgehead atoms. The van der Waals surface area contributed by atoms with Crippen LogP contribution in [0, 0.1) is 5.92 Å². The van der Waals surface area contributed by atoms with E-state index in [0.717, 1.165) is 102 Å². The molecule has 0 aliphatic carbocycles. The topological polar surface area (TPSA) is 237 Å². The van der Waals surface area contributed by atoms with E-state index >= 15 is 0 Å². The van der Waals surface area contributed by atoms with Crippen molar-refractivity contribution >= 4 is 39.5 Å². The van der Waals surface area contributed by atoms with Gasteiger partial charge in [0.2, 0.25) is 0 Å². The van der Waals surface area contributed by atoms with Crippen LogP contribution in [0.15, 0.2) is 0 Å². The van der Waals surface area contributed by atoms with Crippen molar-refractivity contribution in [2.75, 3.05) is 39.6 Å². The summed E-state index contributed by atoms with van der Waals surface area (Å²) in [5.41, 5.74) is 0. The van der Waals surface area contributed by atoms with Crippen LogP contribution in [0.3, 0.4) is 0 Å². The third-order valence-corrected chi connectivity index (χ3v) is 20.7. The Morgan fingerprint density at radius 3 is 0.687 bits per heavy atom. The van der Waals surface area contributed by atoms with Gasteiger partial charge in [0.1, 0.15) is 19.3 Å². The SMILES string of the molecule is CCCCCCCCCCCCCCCCCCCCCC(=O)O[C@H](COC(=O)CCCCCCCCCCCCCCCCC(C)C)COP(=O)(O)OC[C@@H](O)COP(=O)(O)OC[C@@H](COC(=O)CCCCCCCCCC)OC(=O)CCCCCCCCCCCCCCCCC. The molecule has 0 saturated carbocycles. The van der Waals surface area contributed by atoms with Crippen LogP contribution in [0.4, 0.5) is 0 Å². The van der Waals surface area contributed by atoms with Crippen molar-refractivity contribution in [2.45, 2.75) is 445 Å². The van der Waals surface area contributed by atoms with Gasteiger partial charge < -0.3 is 33.8 Å². The molecule has 0 amide bonds. The van der Waals surface area contributed by atoms with Gasteiger partial charge in [-0.05, 0) is 31.6 Å². The number of esters is 4. The van der Waals surface area contributed by atoms with Gasteiger partial charge in [0.25, 0.3) is 0 Å². The third-order valence-electron chi connectivity index (χ3n) is 18.8. The second-order valence-corrected chi connectivity index (χ2v) is 32.2. The van der Waals surface area contributed by atoms with E-state index in [0.29, 0.717) is 25.7 Å². The minimum Gasteiger partial charge on any atom is -0.462 e. The minimum atomic E-state index is -4.96. The molecule has 0 heterocycles. The summed E-state index contributed by atoms with van der Waals surface area (Å²) in [5.74, 6) is -1.31. The Kier molecular flexibility index (Phi) is 71.6. The van der Waals surface area contributed by atoms with E-state index in [-0.39, 0.29) is 25.7 Å². The monoisotopic (exact) mass is 1450 g/mol. The Morgan fingerprint density at radius 2 is 0.465 bits per heavy atom. The molecule has 0 rings (SSSR count). The molecule has 0 spiro atoms. The van der Waals surface area contributed by atoms with Crippen LogP contribution >= 0.6 is 15.6 Å². The molecular weight excluding hydrogens is 1290 g/mol. The summed E-state index contributed by atoms with van der Waals surface area (Å²) in [5, 5.41) is 10.6. The number of aliphatic hydroxyl groups excluding tert-OH is 1. The molecule has 0 fully saturated rings. The summed E-state index contributed by atoms with van der Waals surface area (Å²) in [6, 6.07) is 0. The van der Waals surface area contributed by atoms with Crippen molar-refractivity contribution < 1.29 is 80.2 Å². The number of carbonyl (C=O) groups is 4. The second kappa shape index (κ2) is 73.0. The van der Waals surface area contributed by atoms with E-state index in [9.17, 15) is 43.2 Å². The summed E-state index contributed by atoms with van der Waals surface area (Å²) >= 11 is 0. The predicted octanol–water partition coefficient (Wildman–Crippen LogP) is 24.0. The van der Waals surface area contributed by atoms with E-state index in [4.69, 9.17) is 37.0 Å². The van der Waals surface area contributed by atoms with E-state index < -0.39 is 97.5 Å². The standard InChI is InChI=1S/C80H156O17P2/c1-6-9-12-15-18-21-23-25-27-28-29-30-32-38-42-46-51-56-61-66-80(85)97-76(70-91-78(83)64-59-54-49-44-40-36-34-33-35-39-43-47-52-57-62-73(4)5)72-95-99(88,89)93-68-74(81)67-92-98(86,87)94-71-75(69-90-77(82)63-58-53-48-20-17-14-11-8-3)96-79(84)65-60-55-50-45-41-37-31-26-24-22-19-16-13-10-7-2/h73-76,81H,6-72H2,1-5H3,(H,86,87)(H,88,89)/t74-,75+,76+/m0/s1. The highest BCUT2D eigenvalue weighted by molar-refractivity contribution is 7.47. The summed E-state index contributed by atoms with van der Waals surface area (Å²) in [4.78, 5) is 72.9. The van der Waals surface area contributed by atoms with Crippen LogP contribution in [0.5, 0.6) is 0 Å². The molecule has 3 N–H and O–H groups in total. The lowest BCUT2D eigenvalue weighted by Gasteiger charge is -2.21. The van der Waals surface area contributed by atoms with E-state index in [1.54, 1.807) is 0 Å². The number of phosphoric acid groups is 2. The quantitative estimate of drug-likeness (QED) is 0.0222. The first-order valence-electron chi connectivity index (χ1n) is 41.6. The zero-order valence-corrected chi connectivity index (χ0v) is 66.4. The number of phosphoric ester groups is 2. The number of rotatable bonds is 80. The predicted molar refractivity (Wildman–Crippen MR) is 405 cm³/mol. The third kappa shape index (κ3) is 74.1. The molecule has 0 aromatic heterocycles. The lowest BCUT2D eigenvalue weighted by atomic mass is 10.0. The fourth-order valence-corrected chi connectivity index (χ4v) is 14.0. The molecule has 19 heteroatoms. The molecule has 2 unspecified atom stereocenters. The molecule has 0 aromatic rings. The van der Waals surface area contributed by atoms with Crippen molar-refractivity contribution in [3.05, 3.63) is 0 Å². The lowest BCUT2D eigenvalue weighted by molar-refractivity contribution is -0.161. The van der Waals surface area contributed by atoms with Crippen LogP contribution < -0.4 is 0 Å². The van der Waals surface area contributed by atoms with E-state index in [2.05, 4.69) is 34.6 Å². The van der Waals surface area contributed by atoms with Gasteiger partial charge in [0.15, 0.2) is 12.2 Å². The van der Waals surface area contributed by atoms with Gasteiger partial charge in [0.05, 0.1) is 26.4 Å². The number of hydrogen-bond donors (Lipinski definition) is 3. The largest absolute Gasteiger partial charge is 0.472 e. The average molecular weight is 1450 g/mol. The Hall–Kier alpha value is -1.94. The summed E-state index contributed by atoms with van der Waals surface area (Å²) < 4.78 is 68.6. The Labute approximate surface area is 607 Å². The molecule has 0 saturated heterocycles. The van der Waals surface area contributed by atoms with Gasteiger partial charge >= 0.3 is 39.5 Å². The van der Waals surface area contributed by atoms with Gasteiger partial charge in [-0.1, -0.05) is 375 Å². The lowest BCUT2D eigenvalue weighted by Crippen LogP contribution is -2.30. The van der Waals surface area contributed by atoms with Crippen LogP contribution in [0.1, 0.15) is 426 Å². The van der Waals surface area contributed by atoms with Crippen molar-refractivity contribution in [2.24, 2.45) is 5.92 Å². The highest BCUT2D eigenvalue weighted by Gasteiger charge is 2.30. The first kappa shape index (κ1) is 97.1. The number of unbranched alkanes of at least 4 members (excludes halogenated alkanes) is 52. The van der Waals surface area contributed by atoms with Crippen LogP contribution in [0.25, 0.3) is 0 Å². The maximum Gasteiger partial charge on any atom is 0.472 e. The van der Waals surface area contributed by atoms with Gasteiger partial charge in [-0.3, -0.25) is 37.3 Å². The zero-order valence-electron chi connectivity index (χ0n) is 64.6. The number of aliphatic hydroxyl groups is 1. The molecule has 5 atom stereocenters. The normalized spacial score (nSPS) is 13.9. The Balaban J connectivity index is 5.20. The van der Waals surface area contributed by atoms with Crippen molar-refractivity contribution in [1.82, 2.24) is 0 Å². The van der Waals surface area contributed by atoms with Gasteiger partial charge in [0, 0.05) is 25.7 Å². The van der Waals surface area contributed by atoms with Gasteiger partial charge in [-0.15, -0.1) is 0 Å². The maximum atomic E-state index is 13.1. The first-order valence-corrected chi connectivity index (χ1v) is 44.6. The molecule has 0 aliphatic rings. The number of hydrogen-bond acceptors (Lipinski definition) is 15. The fourth-order valence-electron chi connectivity index (χ4n) is 12.4. The fraction of sp³-hybridized carbons (Fsp3) is 0.950. The highest BCUT2D eigenvalue weighted by Crippen LogP contribution is 2.45. The molecular formula is C80H156O17P2. The molecule has 0 radical (unpaired) electrons. The van der Waals surface area contributed by atoms with Crippen LogP contribution in [0.2, 0.25) is 0 Å². The van der Waals surface area contributed by atoms with E-state index in [1.807, 2.05) is 0 Å². The number of carbonyl (C=O) groups excluding carboxylic acids is 4. The van der Waals surface area contributed by atoms with Crippen LogP contribution in [-0.4, -0.2) is 96.7 Å². The second-order valence-electron chi connectivity index (χ2n) is 29.3. The van der Waals surface area contributed by atoms with E-state index in [1.165, 1.54) is 244 Å². The molecule has 99 heavy (non-hydrogen) atoms. The minimum absolute atomic E-state index is 0.108. The molecule has 17 nitrogen and oxygen atoms in total. The van der Waals surface area contributed by atoms with Crippen molar-refractivity contribution in [3.8, 4) is 0 Å². The van der Waals surface area contributed by atoms with Crippen molar-refractivity contribution in [1.29, 1.82) is 0 Å². The first-order chi connectivity index (χ1) is 48.0.